The molecule has 2 aliphatic rings. The Bertz CT molecular complexity index is 1510. The maximum atomic E-state index is 12.6. The maximum Gasteiger partial charge on any atom is 0.220 e. The van der Waals surface area contributed by atoms with E-state index in [0.717, 1.165) is 75.3 Å². The first-order chi connectivity index (χ1) is 28.5. The highest BCUT2D eigenvalue weighted by Gasteiger charge is 2.47. The van der Waals surface area contributed by atoms with Gasteiger partial charge < -0.3 is 30.3 Å². The third-order valence-corrected chi connectivity index (χ3v) is 13.5. The lowest BCUT2D eigenvalue weighted by Crippen LogP contribution is -2.65. The van der Waals surface area contributed by atoms with E-state index in [1.807, 2.05) is 24.3 Å². The van der Waals surface area contributed by atoms with Crippen molar-refractivity contribution in [2.24, 2.45) is 0 Å². The van der Waals surface area contributed by atoms with Gasteiger partial charge in [-0.2, -0.15) is 0 Å². The first-order valence-corrected chi connectivity index (χ1v) is 23.5. The zero-order valence-electron chi connectivity index (χ0n) is 40.2. The van der Waals surface area contributed by atoms with E-state index in [9.17, 15) is 19.8 Å². The summed E-state index contributed by atoms with van der Waals surface area (Å²) in [6, 6.07) is 16.5. The van der Waals surface area contributed by atoms with Gasteiger partial charge in [0, 0.05) is 65.6 Å². The number of hydrogen-bond acceptors (Lipinski definition) is 8. The van der Waals surface area contributed by atoms with Crippen molar-refractivity contribution in [2.75, 3.05) is 26.3 Å². The number of aliphatic hydroxyl groups excluding tert-OH is 2. The second kappa shape index (κ2) is 21.5. The molecule has 2 heterocycles. The number of β-amino-alcohol motifs (C(OH)–C–C–N with tert-alkyl or cyclic N) is 2. The lowest BCUT2D eigenvalue weighted by atomic mass is 9.76. The van der Waals surface area contributed by atoms with Crippen LogP contribution in [0.2, 0.25) is 0 Å². The highest BCUT2D eigenvalue weighted by atomic mass is 16.5. The van der Waals surface area contributed by atoms with Crippen LogP contribution in [0.25, 0.3) is 0 Å². The molecule has 4 rings (SSSR count). The van der Waals surface area contributed by atoms with Crippen LogP contribution in [0.3, 0.4) is 0 Å². The first-order valence-electron chi connectivity index (χ1n) is 23.5. The molecule has 0 radical (unpaired) electrons. The Balaban J connectivity index is 1.25. The third kappa shape index (κ3) is 14.4. The van der Waals surface area contributed by atoms with E-state index in [4.69, 9.17) is 9.47 Å². The smallest absolute Gasteiger partial charge is 0.220 e. The van der Waals surface area contributed by atoms with E-state index in [-0.39, 0.29) is 64.7 Å². The highest BCUT2D eigenvalue weighted by Crippen LogP contribution is 2.40. The molecule has 0 aliphatic carbocycles. The summed E-state index contributed by atoms with van der Waals surface area (Å²) in [6.07, 6.45) is 9.39. The number of likely N-dealkylation sites (tertiary alicyclic amines) is 2. The van der Waals surface area contributed by atoms with Crippen molar-refractivity contribution in [3.63, 3.8) is 0 Å². The summed E-state index contributed by atoms with van der Waals surface area (Å²) in [7, 11) is 0. The average molecular weight is 849 g/mol. The van der Waals surface area contributed by atoms with Crippen molar-refractivity contribution in [3.8, 4) is 11.5 Å². The van der Waals surface area contributed by atoms with Gasteiger partial charge in [0.05, 0.1) is 0 Å². The van der Waals surface area contributed by atoms with Gasteiger partial charge >= 0.3 is 0 Å². The number of carbonyl (C=O) groups excluding carboxylic acids is 2. The van der Waals surface area contributed by atoms with E-state index in [2.05, 4.69) is 128 Å². The lowest BCUT2D eigenvalue weighted by molar-refractivity contribution is -0.125. The van der Waals surface area contributed by atoms with Gasteiger partial charge in [-0.3, -0.25) is 19.4 Å². The Kier molecular flexibility index (Phi) is 17.8. The molecule has 2 aromatic carbocycles. The van der Waals surface area contributed by atoms with E-state index >= 15 is 0 Å². The molecule has 4 N–H and O–H groups in total. The fraction of sp³-hybridized carbons (Fsp3) is 0.725. The lowest BCUT2D eigenvalue weighted by Gasteiger charge is -2.56. The number of unbranched alkanes of at least 4 members (excludes halogenated alkanes) is 4. The molecule has 0 bridgehead atoms. The van der Waals surface area contributed by atoms with Gasteiger partial charge in [-0.05, 0) is 129 Å². The van der Waals surface area contributed by atoms with Gasteiger partial charge in [0.2, 0.25) is 11.8 Å². The Morgan fingerprint density at radius 3 is 1.21 bits per heavy atom. The Morgan fingerprint density at radius 1 is 0.607 bits per heavy atom. The zero-order chi connectivity index (χ0) is 45.2. The first kappa shape index (κ1) is 50.5. The second-order valence-corrected chi connectivity index (χ2v) is 21.3. The van der Waals surface area contributed by atoms with Gasteiger partial charge in [0.1, 0.15) is 36.9 Å². The highest BCUT2D eigenvalue weighted by molar-refractivity contribution is 5.76. The van der Waals surface area contributed by atoms with Crippen LogP contribution in [0, 0.1) is 0 Å². The van der Waals surface area contributed by atoms with Crippen LogP contribution < -0.4 is 20.1 Å². The van der Waals surface area contributed by atoms with Crippen molar-refractivity contribution in [1.82, 2.24) is 20.4 Å². The molecule has 2 aliphatic heterocycles. The summed E-state index contributed by atoms with van der Waals surface area (Å²) in [5.74, 6) is 1.71. The Morgan fingerprint density at radius 2 is 0.918 bits per heavy atom. The monoisotopic (exact) mass is 849 g/mol. The van der Waals surface area contributed by atoms with Crippen molar-refractivity contribution in [2.45, 2.75) is 212 Å². The minimum absolute atomic E-state index is 0.116. The number of ether oxygens (including phenoxy) is 2. The molecule has 2 amide bonds. The molecule has 2 saturated heterocycles. The SMILES string of the molecule is CCCCCC(=O)NC1CC(C)(C)N(CC(O)COc2ccc(C(C)(C)c3ccc(OCC(O)CN4C(C)(C)CC(NC(=O)CCCCC)CC4(C)C)cc3)cc2)C(C)(C)C1. The van der Waals surface area contributed by atoms with Crippen LogP contribution in [0.5, 0.6) is 11.5 Å². The summed E-state index contributed by atoms with van der Waals surface area (Å²) in [6.45, 7) is 27.7. The molecular weight excluding hydrogens is 765 g/mol. The number of benzene rings is 2. The van der Waals surface area contributed by atoms with Gasteiger partial charge in [0.15, 0.2) is 0 Å². The molecule has 2 atom stereocenters. The summed E-state index contributed by atoms with van der Waals surface area (Å²) in [5.41, 5.74) is 1.18. The summed E-state index contributed by atoms with van der Waals surface area (Å²) in [5, 5.41) is 29.0. The molecule has 0 aromatic heterocycles. The molecule has 61 heavy (non-hydrogen) atoms. The van der Waals surface area contributed by atoms with E-state index in [0.29, 0.717) is 37.4 Å². The number of aliphatic hydroxyl groups is 2. The topological polar surface area (TPSA) is 124 Å². The van der Waals surface area contributed by atoms with Gasteiger partial charge in [-0.1, -0.05) is 77.6 Å². The molecule has 0 saturated carbocycles. The van der Waals surface area contributed by atoms with Gasteiger partial charge in [-0.15, -0.1) is 0 Å². The second-order valence-electron chi connectivity index (χ2n) is 21.3. The standard InChI is InChI=1S/C51H84N4O6/c1-13-15-17-19-45(58)52-39-29-47(3,4)54(48(5,6)30-39)33-41(56)35-60-43-25-21-37(22-26-43)51(11,12)38-23-27-44(28-24-38)61-36-42(57)34-55-49(7,8)31-40(32-50(55,9)10)53-46(59)20-18-16-14-2/h21-28,39-42,56-57H,13-20,29-36H2,1-12H3,(H,52,58)(H,53,59). The third-order valence-electron chi connectivity index (χ3n) is 13.5. The molecule has 2 fully saturated rings. The number of nitrogens with one attached hydrogen (secondary N) is 2. The van der Waals surface area contributed by atoms with Crippen molar-refractivity contribution >= 4 is 11.8 Å². The van der Waals surface area contributed by atoms with Crippen molar-refractivity contribution < 1.29 is 29.3 Å². The van der Waals surface area contributed by atoms with Gasteiger partial charge in [-0.25, -0.2) is 0 Å². The minimum atomic E-state index is -0.673. The average Bonchev–Trinajstić information content (AvgIpc) is 3.16. The fourth-order valence-electron chi connectivity index (χ4n) is 10.5. The molecule has 10 nitrogen and oxygen atoms in total. The fourth-order valence-corrected chi connectivity index (χ4v) is 10.5. The van der Waals surface area contributed by atoms with E-state index in [1.165, 1.54) is 0 Å². The molecule has 2 aromatic rings. The number of hydrogen-bond donors (Lipinski definition) is 4. The largest absolute Gasteiger partial charge is 0.491 e. The normalized spacial score (nSPS) is 20.4. The molecular formula is C51H84N4O6. The number of piperidine rings is 2. The molecule has 2 unspecified atom stereocenters. The van der Waals surface area contributed by atoms with Crippen molar-refractivity contribution in [3.05, 3.63) is 59.7 Å². The molecule has 0 spiro atoms. The Labute approximate surface area is 369 Å². The van der Waals surface area contributed by atoms with E-state index in [1.54, 1.807) is 0 Å². The summed E-state index contributed by atoms with van der Waals surface area (Å²) in [4.78, 5) is 30.0. The number of amides is 2. The molecule has 10 heteroatoms. The van der Waals surface area contributed by atoms with E-state index < -0.39 is 12.2 Å². The Hall–Kier alpha value is -3.18. The predicted octanol–water partition coefficient (Wildman–Crippen LogP) is 8.93. The van der Waals surface area contributed by atoms with Crippen LogP contribution >= 0.6 is 0 Å². The number of carbonyl (C=O) groups is 2. The minimum Gasteiger partial charge on any atom is -0.491 e. The zero-order valence-corrected chi connectivity index (χ0v) is 40.2. The maximum absolute atomic E-state index is 12.6. The predicted molar refractivity (Wildman–Crippen MR) is 248 cm³/mol. The van der Waals surface area contributed by atoms with Crippen LogP contribution in [-0.4, -0.2) is 105 Å². The van der Waals surface area contributed by atoms with Crippen molar-refractivity contribution in [1.29, 1.82) is 0 Å². The van der Waals surface area contributed by atoms with Crippen LogP contribution in [0.1, 0.15) is 171 Å². The van der Waals surface area contributed by atoms with Gasteiger partial charge in [0.25, 0.3) is 0 Å². The number of nitrogens with zero attached hydrogens (tertiary/aromatic N) is 2. The molecule has 344 valence electrons. The van der Waals surface area contributed by atoms with Crippen LogP contribution in [0.4, 0.5) is 0 Å². The van der Waals surface area contributed by atoms with Crippen LogP contribution in [0.15, 0.2) is 48.5 Å². The van der Waals surface area contributed by atoms with Crippen LogP contribution in [-0.2, 0) is 15.0 Å². The quantitative estimate of drug-likeness (QED) is 0.0867. The summed E-state index contributed by atoms with van der Waals surface area (Å²) < 4.78 is 12.2. The number of rotatable bonds is 22. The summed E-state index contributed by atoms with van der Waals surface area (Å²) >= 11 is 0.